The zero-order chi connectivity index (χ0) is 17.3. The standard InChI is InChI=1S/C17H36N4O2.HI/c1-14(13-21-7-9-23-10-8-21)11-19-16(18-5)20-12-15(22-6)17(2,3)4;/h14-15H,7-13H2,1-6H3,(H2,18,19,20);1H. The molecule has 2 unspecified atom stereocenters. The summed E-state index contributed by atoms with van der Waals surface area (Å²) in [7, 11) is 3.57. The molecule has 24 heavy (non-hydrogen) atoms. The maximum atomic E-state index is 5.57. The van der Waals surface area contributed by atoms with Crippen LogP contribution in [0.4, 0.5) is 0 Å². The highest BCUT2D eigenvalue weighted by Crippen LogP contribution is 2.20. The average molecular weight is 456 g/mol. The third-order valence-corrected chi connectivity index (χ3v) is 4.22. The van der Waals surface area contributed by atoms with E-state index in [1.807, 2.05) is 0 Å². The second-order valence-electron chi connectivity index (χ2n) is 7.44. The number of nitrogens with one attached hydrogen (secondary N) is 2. The van der Waals surface area contributed by atoms with E-state index in [4.69, 9.17) is 9.47 Å². The van der Waals surface area contributed by atoms with E-state index in [9.17, 15) is 0 Å². The van der Waals surface area contributed by atoms with Crippen LogP contribution in [-0.2, 0) is 9.47 Å². The van der Waals surface area contributed by atoms with Gasteiger partial charge in [0.2, 0.25) is 0 Å². The lowest BCUT2D eigenvalue weighted by molar-refractivity contribution is 0.0205. The lowest BCUT2D eigenvalue weighted by Gasteiger charge is -2.31. The number of hydrogen-bond acceptors (Lipinski definition) is 4. The Labute approximate surface area is 165 Å². The summed E-state index contributed by atoms with van der Waals surface area (Å²) in [5, 5.41) is 6.78. The van der Waals surface area contributed by atoms with Gasteiger partial charge in [-0.15, -0.1) is 24.0 Å². The molecule has 1 saturated heterocycles. The van der Waals surface area contributed by atoms with E-state index in [2.05, 4.69) is 48.2 Å². The molecule has 0 aromatic heterocycles. The molecule has 0 amide bonds. The average Bonchev–Trinajstić information content (AvgIpc) is 2.50. The molecule has 0 saturated carbocycles. The zero-order valence-electron chi connectivity index (χ0n) is 16.2. The number of halogens is 1. The van der Waals surface area contributed by atoms with Gasteiger partial charge < -0.3 is 20.1 Å². The van der Waals surface area contributed by atoms with Crippen molar-refractivity contribution in [3.63, 3.8) is 0 Å². The number of aliphatic imine (C=N–C) groups is 1. The normalized spacial score (nSPS) is 19.3. The molecular formula is C17H37IN4O2. The van der Waals surface area contributed by atoms with Gasteiger partial charge in [0.25, 0.3) is 0 Å². The van der Waals surface area contributed by atoms with Crippen LogP contribution in [0.1, 0.15) is 27.7 Å². The highest BCUT2D eigenvalue weighted by Gasteiger charge is 2.24. The quantitative estimate of drug-likeness (QED) is 0.348. The maximum absolute atomic E-state index is 5.57. The summed E-state index contributed by atoms with van der Waals surface area (Å²) in [5.74, 6) is 1.40. The first-order valence-corrected chi connectivity index (χ1v) is 8.64. The molecule has 1 fully saturated rings. The first-order valence-electron chi connectivity index (χ1n) is 8.64. The summed E-state index contributed by atoms with van der Waals surface area (Å²) < 4.78 is 11.0. The Morgan fingerprint density at radius 2 is 1.79 bits per heavy atom. The highest BCUT2D eigenvalue weighted by atomic mass is 127. The Morgan fingerprint density at radius 1 is 1.21 bits per heavy atom. The number of morpholine rings is 1. The fourth-order valence-electron chi connectivity index (χ4n) is 2.71. The summed E-state index contributed by atoms with van der Waals surface area (Å²) in [6, 6.07) is 0. The molecule has 144 valence electrons. The Hall–Kier alpha value is -0.120. The molecule has 0 bridgehead atoms. The number of ether oxygens (including phenoxy) is 2. The van der Waals surface area contributed by atoms with Crippen molar-refractivity contribution in [3.05, 3.63) is 0 Å². The Balaban J connectivity index is 0.00000529. The van der Waals surface area contributed by atoms with Crippen LogP contribution >= 0.6 is 24.0 Å². The molecule has 0 radical (unpaired) electrons. The Morgan fingerprint density at radius 3 is 2.29 bits per heavy atom. The van der Waals surface area contributed by atoms with E-state index in [1.165, 1.54) is 0 Å². The summed E-state index contributed by atoms with van der Waals surface area (Å²) in [5.41, 5.74) is 0.101. The third-order valence-electron chi connectivity index (χ3n) is 4.22. The predicted octanol–water partition coefficient (Wildman–Crippen LogP) is 1.80. The highest BCUT2D eigenvalue weighted by molar-refractivity contribution is 14.0. The third kappa shape index (κ3) is 9.39. The van der Waals surface area contributed by atoms with Gasteiger partial charge in [-0.3, -0.25) is 9.89 Å². The number of methoxy groups -OCH3 is 1. The molecule has 0 spiro atoms. The minimum absolute atomic E-state index is 0. The molecule has 0 aromatic carbocycles. The Bertz CT molecular complexity index is 355. The van der Waals surface area contributed by atoms with E-state index in [-0.39, 0.29) is 35.5 Å². The molecular weight excluding hydrogens is 419 g/mol. The molecule has 7 heteroatoms. The Kier molecular flexibility index (Phi) is 12.2. The minimum atomic E-state index is 0. The second-order valence-corrected chi connectivity index (χ2v) is 7.44. The van der Waals surface area contributed by atoms with Crippen molar-refractivity contribution in [2.45, 2.75) is 33.8 Å². The van der Waals surface area contributed by atoms with Crippen molar-refractivity contribution in [1.82, 2.24) is 15.5 Å². The summed E-state index contributed by atoms with van der Waals surface area (Å²) in [4.78, 5) is 6.77. The van der Waals surface area contributed by atoms with E-state index in [1.54, 1.807) is 14.2 Å². The van der Waals surface area contributed by atoms with Gasteiger partial charge >= 0.3 is 0 Å². The molecule has 1 aliphatic heterocycles. The van der Waals surface area contributed by atoms with E-state index in [0.29, 0.717) is 5.92 Å². The van der Waals surface area contributed by atoms with Crippen LogP contribution in [0.5, 0.6) is 0 Å². The van der Waals surface area contributed by atoms with Gasteiger partial charge in [0.15, 0.2) is 5.96 Å². The van der Waals surface area contributed by atoms with Gasteiger partial charge in [-0.1, -0.05) is 27.7 Å². The first-order chi connectivity index (χ1) is 10.9. The summed E-state index contributed by atoms with van der Waals surface area (Å²) in [6.07, 6.45) is 0.145. The molecule has 0 aliphatic carbocycles. The van der Waals surface area contributed by atoms with Crippen molar-refractivity contribution in [2.75, 3.05) is 60.1 Å². The smallest absolute Gasteiger partial charge is 0.191 e. The van der Waals surface area contributed by atoms with Crippen molar-refractivity contribution in [2.24, 2.45) is 16.3 Å². The van der Waals surface area contributed by atoms with Crippen LogP contribution in [0, 0.1) is 11.3 Å². The van der Waals surface area contributed by atoms with Crippen LogP contribution in [0.25, 0.3) is 0 Å². The molecule has 1 aliphatic rings. The minimum Gasteiger partial charge on any atom is -0.379 e. The molecule has 1 heterocycles. The van der Waals surface area contributed by atoms with Crippen LogP contribution in [0.2, 0.25) is 0 Å². The second kappa shape index (κ2) is 12.3. The number of guanidine groups is 1. The number of hydrogen-bond donors (Lipinski definition) is 2. The van der Waals surface area contributed by atoms with Gasteiger partial charge in [0.05, 0.1) is 19.3 Å². The van der Waals surface area contributed by atoms with E-state index < -0.39 is 0 Å². The fourth-order valence-corrected chi connectivity index (χ4v) is 2.71. The van der Waals surface area contributed by atoms with Crippen LogP contribution in [0.15, 0.2) is 4.99 Å². The fraction of sp³-hybridized carbons (Fsp3) is 0.941. The van der Waals surface area contributed by atoms with Crippen LogP contribution < -0.4 is 10.6 Å². The van der Waals surface area contributed by atoms with Gasteiger partial charge in [0.1, 0.15) is 0 Å². The zero-order valence-corrected chi connectivity index (χ0v) is 18.6. The van der Waals surface area contributed by atoms with Crippen LogP contribution in [0.3, 0.4) is 0 Å². The number of nitrogens with zero attached hydrogens (tertiary/aromatic N) is 2. The monoisotopic (exact) mass is 456 g/mol. The first kappa shape index (κ1) is 23.9. The molecule has 1 rings (SSSR count). The topological polar surface area (TPSA) is 58.1 Å². The molecule has 2 N–H and O–H groups in total. The van der Waals surface area contributed by atoms with Crippen molar-refractivity contribution < 1.29 is 9.47 Å². The summed E-state index contributed by atoms with van der Waals surface area (Å²) in [6.45, 7) is 15.4. The lowest BCUT2D eigenvalue weighted by Crippen LogP contribution is -2.47. The van der Waals surface area contributed by atoms with Crippen molar-refractivity contribution in [1.29, 1.82) is 0 Å². The number of rotatable bonds is 7. The van der Waals surface area contributed by atoms with Crippen LogP contribution in [-0.4, -0.2) is 77.1 Å². The predicted molar refractivity (Wildman–Crippen MR) is 111 cm³/mol. The lowest BCUT2D eigenvalue weighted by atomic mass is 9.89. The largest absolute Gasteiger partial charge is 0.379 e. The van der Waals surface area contributed by atoms with E-state index >= 15 is 0 Å². The van der Waals surface area contributed by atoms with Gasteiger partial charge in [-0.25, -0.2) is 0 Å². The van der Waals surface area contributed by atoms with Gasteiger partial charge in [0, 0.05) is 46.9 Å². The van der Waals surface area contributed by atoms with E-state index in [0.717, 1.165) is 51.9 Å². The van der Waals surface area contributed by atoms with Crippen molar-refractivity contribution in [3.8, 4) is 0 Å². The maximum Gasteiger partial charge on any atom is 0.191 e. The summed E-state index contributed by atoms with van der Waals surface area (Å²) >= 11 is 0. The molecule has 0 aromatic rings. The van der Waals surface area contributed by atoms with Crippen molar-refractivity contribution >= 4 is 29.9 Å². The van der Waals surface area contributed by atoms with Gasteiger partial charge in [-0.2, -0.15) is 0 Å². The SMILES string of the molecule is CN=C(NCC(C)CN1CCOCC1)NCC(OC)C(C)(C)C.I. The van der Waals surface area contributed by atoms with Gasteiger partial charge in [-0.05, 0) is 11.3 Å². The molecule has 2 atom stereocenters. The molecule has 6 nitrogen and oxygen atoms in total.